The lowest BCUT2D eigenvalue weighted by Gasteiger charge is -2.04. The molecule has 1 aromatic carbocycles. The third kappa shape index (κ3) is 4.37. The van der Waals surface area contributed by atoms with E-state index >= 15 is 0 Å². The molecule has 1 unspecified atom stereocenters. The highest BCUT2D eigenvalue weighted by Crippen LogP contribution is 2.22. The average Bonchev–Trinajstić information content (AvgIpc) is 2.37. The van der Waals surface area contributed by atoms with Gasteiger partial charge in [0.2, 0.25) is 6.20 Å². The number of rotatable bonds is 4. The maximum Gasteiger partial charge on any atom is 0.212 e. The van der Waals surface area contributed by atoms with Crippen molar-refractivity contribution in [3.8, 4) is 0 Å². The molecule has 0 bridgehead atoms. The van der Waals surface area contributed by atoms with Gasteiger partial charge in [-0.05, 0) is 32.0 Å². The second-order valence-corrected chi connectivity index (χ2v) is 4.53. The molecule has 0 heterocycles. The van der Waals surface area contributed by atoms with E-state index in [1.807, 2.05) is 18.2 Å². The summed E-state index contributed by atoms with van der Waals surface area (Å²) in [5.41, 5.74) is 1.85. The molecule has 0 aliphatic heterocycles. The summed E-state index contributed by atoms with van der Waals surface area (Å²) in [5, 5.41) is 27.6. The van der Waals surface area contributed by atoms with Gasteiger partial charge in [-0.2, -0.15) is 0 Å². The topological polar surface area (TPSA) is 71.0 Å². The number of halogens is 1. The molecule has 0 fully saturated rings. The van der Waals surface area contributed by atoms with E-state index in [2.05, 4.69) is 10.3 Å². The van der Waals surface area contributed by atoms with Crippen molar-refractivity contribution in [2.45, 2.75) is 26.8 Å². The SMILES string of the molecule is CC(=C[N+]([O-])=NC(C)C(C)=NO)c1ccccc1Cl. The fourth-order valence-electron chi connectivity index (χ4n) is 1.39. The van der Waals surface area contributed by atoms with Crippen molar-refractivity contribution in [2.24, 2.45) is 10.3 Å². The van der Waals surface area contributed by atoms with Crippen molar-refractivity contribution in [1.29, 1.82) is 0 Å². The van der Waals surface area contributed by atoms with E-state index in [1.54, 1.807) is 26.8 Å². The maximum atomic E-state index is 11.7. The predicted octanol–water partition coefficient (Wildman–Crippen LogP) is 3.90. The highest BCUT2D eigenvalue weighted by Gasteiger charge is 2.09. The number of hydroxylamine groups is 1. The van der Waals surface area contributed by atoms with E-state index in [9.17, 15) is 5.21 Å². The molecule has 0 radical (unpaired) electrons. The van der Waals surface area contributed by atoms with Crippen molar-refractivity contribution in [1.82, 2.24) is 0 Å². The van der Waals surface area contributed by atoms with Gasteiger partial charge >= 0.3 is 0 Å². The number of hydrogen-bond donors (Lipinski definition) is 1. The van der Waals surface area contributed by atoms with Gasteiger partial charge in [0.05, 0.1) is 5.71 Å². The van der Waals surface area contributed by atoms with Crippen LogP contribution in [-0.4, -0.2) is 21.8 Å². The van der Waals surface area contributed by atoms with Crippen molar-refractivity contribution in [2.75, 3.05) is 0 Å². The van der Waals surface area contributed by atoms with Crippen LogP contribution in [0.1, 0.15) is 26.3 Å². The van der Waals surface area contributed by atoms with Crippen LogP contribution in [0.5, 0.6) is 0 Å². The highest BCUT2D eigenvalue weighted by molar-refractivity contribution is 6.32. The fourth-order valence-corrected chi connectivity index (χ4v) is 1.67. The third-order valence-corrected chi connectivity index (χ3v) is 2.98. The lowest BCUT2D eigenvalue weighted by atomic mass is 10.1. The quantitative estimate of drug-likeness (QED) is 0.299. The molecular weight excluding hydrogens is 266 g/mol. The Balaban J connectivity index is 2.96. The Bertz CT molecular complexity index is 538. The second kappa shape index (κ2) is 6.89. The van der Waals surface area contributed by atoms with E-state index in [0.29, 0.717) is 21.2 Å². The first kappa shape index (κ1) is 15.2. The van der Waals surface area contributed by atoms with Gasteiger partial charge in [0.25, 0.3) is 0 Å². The fraction of sp³-hybridized carbons (Fsp3) is 0.308. The van der Waals surface area contributed by atoms with Gasteiger partial charge in [-0.3, -0.25) is 0 Å². The molecule has 0 amide bonds. The van der Waals surface area contributed by atoms with Gasteiger partial charge in [0.15, 0.2) is 6.04 Å². The molecule has 0 aliphatic carbocycles. The first-order valence-corrected chi connectivity index (χ1v) is 6.12. The highest BCUT2D eigenvalue weighted by atomic mass is 35.5. The van der Waals surface area contributed by atoms with Crippen molar-refractivity contribution < 1.29 is 10.1 Å². The second-order valence-electron chi connectivity index (χ2n) is 4.13. The monoisotopic (exact) mass is 281 g/mol. The number of oxime groups is 1. The van der Waals surface area contributed by atoms with Crippen LogP contribution in [0, 0.1) is 5.21 Å². The summed E-state index contributed by atoms with van der Waals surface area (Å²) in [7, 11) is 0. The van der Waals surface area contributed by atoms with Gasteiger partial charge in [0.1, 0.15) is 0 Å². The Labute approximate surface area is 117 Å². The maximum absolute atomic E-state index is 11.7. The molecule has 0 saturated heterocycles. The zero-order valence-corrected chi connectivity index (χ0v) is 11.8. The minimum Gasteiger partial charge on any atom is -0.595 e. The number of nitrogens with zero attached hydrogens (tertiary/aromatic N) is 3. The molecular formula is C13H16ClN3O2. The molecule has 0 spiro atoms. The first-order valence-electron chi connectivity index (χ1n) is 5.74. The van der Waals surface area contributed by atoms with Crippen molar-refractivity contribution >= 4 is 22.9 Å². The number of allylic oxidation sites excluding steroid dienone is 1. The molecule has 5 nitrogen and oxygen atoms in total. The standard InChI is InChI=1S/C13H16ClN3O2/c1-9(12-6-4-5-7-13(12)14)8-17(19)15-10(2)11(3)16-18/h4-8,10,18H,1-3H3. The van der Waals surface area contributed by atoms with Gasteiger partial charge in [-0.1, -0.05) is 39.8 Å². The molecule has 1 aromatic rings. The summed E-state index contributed by atoms with van der Waals surface area (Å²) in [4.78, 5) is 0.456. The Kier molecular flexibility index (Phi) is 5.51. The molecule has 0 aromatic heterocycles. The molecule has 102 valence electrons. The van der Waals surface area contributed by atoms with Gasteiger partial charge in [-0.25, -0.2) is 0 Å². The third-order valence-electron chi connectivity index (χ3n) is 2.65. The molecule has 6 heteroatoms. The molecule has 1 rings (SSSR count). The Morgan fingerprint density at radius 2 is 2.05 bits per heavy atom. The summed E-state index contributed by atoms with van der Waals surface area (Å²) in [6.45, 7) is 5.03. The lowest BCUT2D eigenvalue weighted by molar-refractivity contribution is -0.459. The van der Waals surface area contributed by atoms with Crippen LogP contribution < -0.4 is 0 Å². The van der Waals surface area contributed by atoms with Crippen LogP contribution in [0.3, 0.4) is 0 Å². The minimum absolute atomic E-state index is 0.365. The van der Waals surface area contributed by atoms with Crippen molar-refractivity contribution in [3.05, 3.63) is 46.3 Å². The van der Waals surface area contributed by atoms with E-state index in [0.717, 1.165) is 5.56 Å². The van der Waals surface area contributed by atoms with E-state index in [-0.39, 0.29) is 0 Å². The lowest BCUT2D eigenvalue weighted by Crippen LogP contribution is -2.13. The van der Waals surface area contributed by atoms with Gasteiger partial charge < -0.3 is 10.4 Å². The molecule has 19 heavy (non-hydrogen) atoms. The molecule has 1 atom stereocenters. The van der Waals surface area contributed by atoms with Crippen molar-refractivity contribution in [3.63, 3.8) is 0 Å². The van der Waals surface area contributed by atoms with E-state index in [1.165, 1.54) is 6.20 Å². The summed E-state index contributed by atoms with van der Waals surface area (Å²) in [6, 6.07) is 6.76. The zero-order valence-electron chi connectivity index (χ0n) is 11.0. The zero-order chi connectivity index (χ0) is 14.4. The predicted molar refractivity (Wildman–Crippen MR) is 75.5 cm³/mol. The van der Waals surface area contributed by atoms with Crippen LogP contribution in [0.25, 0.3) is 5.57 Å². The minimum atomic E-state index is -0.488. The van der Waals surface area contributed by atoms with Gasteiger partial charge in [-0.15, -0.1) is 0 Å². The number of benzene rings is 1. The molecule has 0 saturated carbocycles. The van der Waals surface area contributed by atoms with Gasteiger partial charge in [0, 0.05) is 16.2 Å². The Hall–Kier alpha value is -1.88. The molecule has 1 N–H and O–H groups in total. The van der Waals surface area contributed by atoms with Crippen LogP contribution in [0.4, 0.5) is 0 Å². The number of azo groups is 1. The van der Waals surface area contributed by atoms with Crippen LogP contribution in [0.2, 0.25) is 5.02 Å². The normalized spacial score (nSPS) is 15.5. The smallest absolute Gasteiger partial charge is 0.212 e. The molecule has 0 aliphatic rings. The van der Waals surface area contributed by atoms with Crippen LogP contribution >= 0.6 is 11.6 Å². The van der Waals surface area contributed by atoms with Crippen LogP contribution in [-0.2, 0) is 0 Å². The summed E-state index contributed by atoms with van der Waals surface area (Å²) in [5.74, 6) is 0. The Morgan fingerprint density at radius 3 is 2.63 bits per heavy atom. The number of hydrogen-bond acceptors (Lipinski definition) is 4. The summed E-state index contributed by atoms with van der Waals surface area (Å²) >= 11 is 6.04. The van der Waals surface area contributed by atoms with E-state index < -0.39 is 6.04 Å². The first-order chi connectivity index (χ1) is 8.95. The Morgan fingerprint density at radius 1 is 1.42 bits per heavy atom. The summed E-state index contributed by atoms with van der Waals surface area (Å²) in [6.07, 6.45) is 1.34. The largest absolute Gasteiger partial charge is 0.595 e. The van der Waals surface area contributed by atoms with Crippen LogP contribution in [0.15, 0.2) is 40.7 Å². The average molecular weight is 282 g/mol. The van der Waals surface area contributed by atoms with E-state index in [4.69, 9.17) is 16.8 Å². The summed E-state index contributed by atoms with van der Waals surface area (Å²) < 4.78 is 0.